The second-order valence-electron chi connectivity index (χ2n) is 5.01. The first-order valence-corrected chi connectivity index (χ1v) is 7.62. The molecule has 1 aliphatic heterocycles. The zero-order chi connectivity index (χ0) is 15.4. The van der Waals surface area contributed by atoms with Crippen LogP contribution in [0.5, 0.6) is 5.75 Å². The molecule has 21 heavy (non-hydrogen) atoms. The van der Waals surface area contributed by atoms with E-state index in [4.69, 9.17) is 4.74 Å². The van der Waals surface area contributed by atoms with Gasteiger partial charge in [-0.3, -0.25) is 19.8 Å². The van der Waals surface area contributed by atoms with Crippen molar-refractivity contribution >= 4 is 27.4 Å². The highest BCUT2D eigenvalue weighted by Crippen LogP contribution is 2.35. The molecule has 2 rings (SSSR count). The first-order chi connectivity index (χ1) is 9.99. The van der Waals surface area contributed by atoms with Gasteiger partial charge in [0.2, 0.25) is 5.75 Å². The van der Waals surface area contributed by atoms with E-state index in [1.807, 2.05) is 0 Å². The number of carbonyl (C=O) groups excluding carboxylic acids is 1. The van der Waals surface area contributed by atoms with E-state index in [9.17, 15) is 14.9 Å². The summed E-state index contributed by atoms with van der Waals surface area (Å²) < 4.78 is 6.07. The van der Waals surface area contributed by atoms with Gasteiger partial charge in [-0.25, -0.2) is 0 Å². The third-order valence-corrected chi connectivity index (χ3v) is 3.92. The summed E-state index contributed by atoms with van der Waals surface area (Å²) in [7, 11) is 0. The molecular formula is C14H17BrN2O4. The summed E-state index contributed by atoms with van der Waals surface area (Å²) in [5, 5.41) is 11.2. The predicted molar refractivity (Wildman–Crippen MR) is 82.0 cm³/mol. The molecule has 1 aliphatic rings. The van der Waals surface area contributed by atoms with Crippen molar-refractivity contribution in [1.82, 2.24) is 4.90 Å². The van der Waals surface area contributed by atoms with Crippen LogP contribution in [-0.4, -0.2) is 41.8 Å². The van der Waals surface area contributed by atoms with Crippen molar-refractivity contribution in [1.29, 1.82) is 0 Å². The highest BCUT2D eigenvalue weighted by molar-refractivity contribution is 9.10. The number of likely N-dealkylation sites (tertiary alicyclic amines) is 1. The smallest absolute Gasteiger partial charge is 0.312 e. The molecule has 1 saturated heterocycles. The molecule has 0 atom stereocenters. The molecule has 0 spiro atoms. The molecule has 0 unspecified atom stereocenters. The highest BCUT2D eigenvalue weighted by Gasteiger charge is 2.23. The van der Waals surface area contributed by atoms with Crippen LogP contribution in [0, 0.1) is 10.1 Å². The number of hydrogen-bond acceptors (Lipinski definition) is 5. The maximum Gasteiger partial charge on any atom is 0.312 e. The molecule has 1 aromatic rings. The van der Waals surface area contributed by atoms with Gasteiger partial charge >= 0.3 is 5.69 Å². The first kappa shape index (κ1) is 15.9. The number of ether oxygens (including phenoxy) is 1. The average molecular weight is 357 g/mol. The van der Waals surface area contributed by atoms with E-state index >= 15 is 0 Å². The molecule has 0 radical (unpaired) electrons. The predicted octanol–water partition coefficient (Wildman–Crippen LogP) is 3.03. The van der Waals surface area contributed by atoms with Gasteiger partial charge in [0.1, 0.15) is 6.61 Å². The quantitative estimate of drug-likeness (QED) is 0.445. The summed E-state index contributed by atoms with van der Waals surface area (Å²) in [5.41, 5.74) is 0.0495. The second kappa shape index (κ2) is 7.00. The third kappa shape index (κ3) is 4.01. The zero-order valence-corrected chi connectivity index (χ0v) is 13.4. The van der Waals surface area contributed by atoms with Crippen molar-refractivity contribution in [3.05, 3.63) is 32.3 Å². The molecule has 0 bridgehead atoms. The Morgan fingerprint density at radius 1 is 1.43 bits per heavy atom. The number of benzene rings is 1. The van der Waals surface area contributed by atoms with E-state index in [1.54, 1.807) is 6.07 Å². The van der Waals surface area contributed by atoms with E-state index in [0.717, 1.165) is 13.1 Å². The van der Waals surface area contributed by atoms with Gasteiger partial charge in [-0.05, 0) is 38.9 Å². The van der Waals surface area contributed by atoms with Gasteiger partial charge in [-0.2, -0.15) is 0 Å². The van der Waals surface area contributed by atoms with Crippen LogP contribution >= 0.6 is 15.9 Å². The van der Waals surface area contributed by atoms with Crippen molar-refractivity contribution in [3.8, 4) is 5.75 Å². The molecule has 0 saturated carbocycles. The Kier molecular flexibility index (Phi) is 5.30. The number of nitro benzene ring substituents is 1. The summed E-state index contributed by atoms with van der Waals surface area (Å²) in [6.07, 6.45) is 2.36. The summed E-state index contributed by atoms with van der Waals surface area (Å²) in [6, 6.07) is 2.91. The van der Waals surface area contributed by atoms with Crippen molar-refractivity contribution < 1.29 is 14.5 Å². The summed E-state index contributed by atoms with van der Waals surface area (Å²) in [4.78, 5) is 24.6. The van der Waals surface area contributed by atoms with Crippen molar-refractivity contribution in [3.63, 3.8) is 0 Å². The minimum absolute atomic E-state index is 0.0647. The molecular weight excluding hydrogens is 340 g/mol. The lowest BCUT2D eigenvalue weighted by atomic mass is 10.1. The van der Waals surface area contributed by atoms with Gasteiger partial charge in [0.25, 0.3) is 0 Å². The number of ketones is 1. The largest absolute Gasteiger partial charge is 0.485 e. The molecule has 0 amide bonds. The average Bonchev–Trinajstić information content (AvgIpc) is 2.92. The zero-order valence-electron chi connectivity index (χ0n) is 11.8. The minimum atomic E-state index is -0.525. The van der Waals surface area contributed by atoms with Gasteiger partial charge < -0.3 is 4.74 Å². The topological polar surface area (TPSA) is 72.7 Å². The molecule has 1 heterocycles. The number of Topliss-reactive ketones (excluding diaryl/α,β-unsaturated/α-hetero) is 1. The number of carbonyl (C=O) groups is 1. The number of hydrogen-bond donors (Lipinski definition) is 0. The second-order valence-corrected chi connectivity index (χ2v) is 5.93. The number of halogens is 1. The molecule has 1 aromatic carbocycles. The van der Waals surface area contributed by atoms with Gasteiger partial charge in [0.05, 0.1) is 10.5 Å². The van der Waals surface area contributed by atoms with Crippen LogP contribution in [0.25, 0.3) is 0 Å². The lowest BCUT2D eigenvalue weighted by Crippen LogP contribution is -2.25. The van der Waals surface area contributed by atoms with Crippen LogP contribution in [0.4, 0.5) is 5.69 Å². The van der Waals surface area contributed by atoms with Gasteiger partial charge in [0, 0.05) is 17.1 Å². The Labute approximate surface area is 131 Å². The van der Waals surface area contributed by atoms with Crippen LogP contribution < -0.4 is 4.74 Å². The maximum atomic E-state index is 11.7. The fourth-order valence-electron chi connectivity index (χ4n) is 2.41. The van der Waals surface area contributed by atoms with E-state index in [2.05, 4.69) is 20.8 Å². The lowest BCUT2D eigenvalue weighted by molar-refractivity contribution is -0.386. The molecule has 114 valence electrons. The van der Waals surface area contributed by atoms with Crippen LogP contribution in [0.3, 0.4) is 0 Å². The van der Waals surface area contributed by atoms with Gasteiger partial charge in [0.15, 0.2) is 5.78 Å². The molecule has 1 fully saturated rings. The Bertz CT molecular complexity index is 521. The minimum Gasteiger partial charge on any atom is -0.485 e. The first-order valence-electron chi connectivity index (χ1n) is 6.83. The highest BCUT2D eigenvalue weighted by atomic mass is 79.9. The van der Waals surface area contributed by atoms with Crippen molar-refractivity contribution in [2.45, 2.75) is 19.8 Å². The SMILES string of the molecule is CC(=O)c1cc(Br)cc([N+](=O)[O-])c1OCCN1CCCC1. The summed E-state index contributed by atoms with van der Waals surface area (Å²) in [5.74, 6) is -0.189. The normalized spacial score (nSPS) is 15.1. The Balaban J connectivity index is 2.18. The standard InChI is InChI=1S/C14H17BrN2O4/c1-10(18)12-8-11(15)9-13(17(19)20)14(12)21-7-6-16-4-2-3-5-16/h8-9H,2-7H2,1H3. The lowest BCUT2D eigenvalue weighted by Gasteiger charge is -2.16. The summed E-state index contributed by atoms with van der Waals surface area (Å²) >= 11 is 3.19. The van der Waals surface area contributed by atoms with E-state index in [1.165, 1.54) is 25.8 Å². The fraction of sp³-hybridized carbons (Fsp3) is 0.500. The van der Waals surface area contributed by atoms with Crippen LogP contribution in [0.1, 0.15) is 30.1 Å². The van der Waals surface area contributed by atoms with Crippen molar-refractivity contribution in [2.75, 3.05) is 26.2 Å². The van der Waals surface area contributed by atoms with Gasteiger partial charge in [-0.1, -0.05) is 15.9 Å². The number of nitrogens with zero attached hydrogens (tertiary/aromatic N) is 2. The van der Waals surface area contributed by atoms with Crippen LogP contribution in [-0.2, 0) is 0 Å². The molecule has 0 N–H and O–H groups in total. The Morgan fingerprint density at radius 3 is 2.67 bits per heavy atom. The molecule has 7 heteroatoms. The fourth-order valence-corrected chi connectivity index (χ4v) is 2.86. The van der Waals surface area contributed by atoms with E-state index < -0.39 is 4.92 Å². The Hall–Kier alpha value is -1.47. The monoisotopic (exact) mass is 356 g/mol. The Morgan fingerprint density at radius 2 is 2.10 bits per heavy atom. The number of nitro groups is 1. The van der Waals surface area contributed by atoms with E-state index in [-0.39, 0.29) is 22.8 Å². The summed E-state index contributed by atoms with van der Waals surface area (Å²) in [6.45, 7) is 4.49. The van der Waals surface area contributed by atoms with E-state index in [0.29, 0.717) is 17.6 Å². The van der Waals surface area contributed by atoms with Crippen LogP contribution in [0.2, 0.25) is 0 Å². The molecule has 6 nitrogen and oxygen atoms in total. The maximum absolute atomic E-state index is 11.7. The molecule has 0 aliphatic carbocycles. The van der Waals surface area contributed by atoms with Crippen molar-refractivity contribution in [2.24, 2.45) is 0 Å². The molecule has 0 aromatic heterocycles. The van der Waals surface area contributed by atoms with Crippen LogP contribution in [0.15, 0.2) is 16.6 Å². The number of rotatable bonds is 6. The van der Waals surface area contributed by atoms with Gasteiger partial charge in [-0.15, -0.1) is 0 Å². The third-order valence-electron chi connectivity index (χ3n) is 3.46.